The Hall–Kier alpha value is -1.89. The second-order valence-corrected chi connectivity index (χ2v) is 3.59. The van der Waals surface area contributed by atoms with E-state index >= 15 is 0 Å². The summed E-state index contributed by atoms with van der Waals surface area (Å²) in [6, 6.07) is 0. The largest absolute Gasteiger partial charge is 0.295 e. The molecule has 0 aromatic rings. The summed E-state index contributed by atoms with van der Waals surface area (Å²) < 4.78 is 0. The third-order valence-corrected chi connectivity index (χ3v) is 2.10. The van der Waals surface area contributed by atoms with Crippen molar-refractivity contribution in [3.63, 3.8) is 0 Å². The molecule has 1 heteroatoms. The quantitative estimate of drug-likeness (QED) is 0.488. The van der Waals surface area contributed by atoms with Crippen LogP contribution >= 0.6 is 0 Å². The van der Waals surface area contributed by atoms with Gasteiger partial charge in [0, 0.05) is 5.57 Å². The topological polar surface area (TPSA) is 17.1 Å². The number of hydrogen-bond acceptors (Lipinski definition) is 1. The molecule has 17 heavy (non-hydrogen) atoms. The van der Waals surface area contributed by atoms with Crippen molar-refractivity contribution in [3.8, 4) is 0 Å². The highest BCUT2D eigenvalue weighted by atomic mass is 16.1. The van der Waals surface area contributed by atoms with Gasteiger partial charge in [-0.15, -0.1) is 0 Å². The molecular weight excluding hydrogens is 208 g/mol. The predicted octanol–water partition coefficient (Wildman–Crippen LogP) is 4.32. The number of carbonyl (C=O) groups excluding carboxylic acids is 1. The Labute approximate surface area is 104 Å². The van der Waals surface area contributed by atoms with Crippen molar-refractivity contribution >= 4 is 5.78 Å². The Bertz CT molecular complexity index is 415. The number of rotatable bonds is 6. The number of Topliss-reactive ketones (excluding diaryl/α,β-unsaturated/α-hetero) is 1. The van der Waals surface area contributed by atoms with Crippen molar-refractivity contribution in [2.75, 3.05) is 0 Å². The third kappa shape index (κ3) is 6.31. The minimum atomic E-state index is 0.0227. The van der Waals surface area contributed by atoms with E-state index in [0.29, 0.717) is 5.57 Å². The number of carbonyl (C=O) groups is 1. The van der Waals surface area contributed by atoms with E-state index in [1.165, 1.54) is 6.92 Å². The zero-order valence-electron chi connectivity index (χ0n) is 10.9. The summed E-state index contributed by atoms with van der Waals surface area (Å²) in [5.41, 5.74) is 2.18. The van der Waals surface area contributed by atoms with Crippen LogP contribution in [-0.2, 0) is 4.79 Å². The van der Waals surface area contributed by atoms with Crippen molar-refractivity contribution < 1.29 is 4.79 Å². The van der Waals surface area contributed by atoms with Gasteiger partial charge in [-0.05, 0) is 38.0 Å². The summed E-state index contributed by atoms with van der Waals surface area (Å²) in [5, 5.41) is 0. The lowest BCUT2D eigenvalue weighted by atomic mass is 10.0. The van der Waals surface area contributed by atoms with E-state index in [0.717, 1.165) is 11.1 Å². The van der Waals surface area contributed by atoms with Gasteiger partial charge in [0.1, 0.15) is 0 Å². The Morgan fingerprint density at radius 1 is 0.941 bits per heavy atom. The molecule has 0 aliphatic carbocycles. The molecule has 0 saturated heterocycles. The van der Waals surface area contributed by atoms with Gasteiger partial charge in [-0.25, -0.2) is 0 Å². The fraction of sp³-hybridized carbons (Fsp3) is 0.188. The first-order valence-corrected chi connectivity index (χ1v) is 5.55. The van der Waals surface area contributed by atoms with Gasteiger partial charge in [0.15, 0.2) is 5.78 Å². The van der Waals surface area contributed by atoms with Crippen molar-refractivity contribution in [2.24, 2.45) is 0 Å². The highest BCUT2D eigenvalue weighted by Crippen LogP contribution is 2.12. The van der Waals surface area contributed by atoms with Crippen LogP contribution in [0, 0.1) is 0 Å². The van der Waals surface area contributed by atoms with E-state index in [-0.39, 0.29) is 5.78 Å². The molecule has 0 spiro atoms. The molecule has 0 aliphatic heterocycles. The molecule has 0 bridgehead atoms. The first kappa shape index (κ1) is 15.1. The van der Waals surface area contributed by atoms with E-state index < -0.39 is 0 Å². The van der Waals surface area contributed by atoms with Crippen LogP contribution in [0.5, 0.6) is 0 Å². The minimum absolute atomic E-state index is 0.0227. The van der Waals surface area contributed by atoms with Crippen molar-refractivity contribution in [1.29, 1.82) is 0 Å². The van der Waals surface area contributed by atoms with Crippen LogP contribution < -0.4 is 0 Å². The van der Waals surface area contributed by atoms with Crippen LogP contribution in [0.4, 0.5) is 0 Å². The summed E-state index contributed by atoms with van der Waals surface area (Å²) >= 11 is 0. The summed E-state index contributed by atoms with van der Waals surface area (Å²) in [6.45, 7) is 13.2. The van der Waals surface area contributed by atoms with Gasteiger partial charge in [-0.1, -0.05) is 49.6 Å². The van der Waals surface area contributed by atoms with Crippen molar-refractivity contribution in [1.82, 2.24) is 0 Å². The third-order valence-electron chi connectivity index (χ3n) is 2.10. The molecular formula is C16H20O. The van der Waals surface area contributed by atoms with Crippen LogP contribution in [0.15, 0.2) is 72.4 Å². The van der Waals surface area contributed by atoms with E-state index in [2.05, 4.69) is 13.2 Å². The fourth-order valence-corrected chi connectivity index (χ4v) is 1.12. The van der Waals surface area contributed by atoms with Crippen LogP contribution in [0.25, 0.3) is 0 Å². The van der Waals surface area contributed by atoms with Crippen LogP contribution in [0.3, 0.4) is 0 Å². The second-order valence-electron chi connectivity index (χ2n) is 3.59. The van der Waals surface area contributed by atoms with Gasteiger partial charge >= 0.3 is 0 Å². The van der Waals surface area contributed by atoms with Gasteiger partial charge in [-0.2, -0.15) is 0 Å². The number of hydrogen-bond donors (Lipinski definition) is 0. The summed E-state index contributed by atoms with van der Waals surface area (Å²) in [7, 11) is 0. The van der Waals surface area contributed by atoms with Gasteiger partial charge < -0.3 is 0 Å². The highest BCUT2D eigenvalue weighted by molar-refractivity contribution is 5.96. The monoisotopic (exact) mass is 228 g/mol. The average molecular weight is 228 g/mol. The molecule has 1 nitrogen and oxygen atoms in total. The molecule has 0 unspecified atom stereocenters. The maximum Gasteiger partial charge on any atom is 0.159 e. The second kappa shape index (κ2) is 8.28. The first-order chi connectivity index (χ1) is 8.02. The normalized spacial score (nSPS) is 12.8. The van der Waals surface area contributed by atoms with Crippen molar-refractivity contribution in [3.05, 3.63) is 72.4 Å². The summed E-state index contributed by atoms with van der Waals surface area (Å²) in [4.78, 5) is 11.3. The maximum absolute atomic E-state index is 11.3. The van der Waals surface area contributed by atoms with Gasteiger partial charge in [-0.3, -0.25) is 4.79 Å². The lowest BCUT2D eigenvalue weighted by Crippen LogP contribution is -1.94. The van der Waals surface area contributed by atoms with Crippen molar-refractivity contribution in [2.45, 2.75) is 20.8 Å². The van der Waals surface area contributed by atoms with E-state index in [1.807, 2.05) is 44.2 Å². The van der Waals surface area contributed by atoms with Crippen LogP contribution in [0.1, 0.15) is 20.8 Å². The Kier molecular flexibility index (Phi) is 7.36. The Morgan fingerprint density at radius 2 is 1.59 bits per heavy atom. The predicted molar refractivity (Wildman–Crippen MR) is 75.8 cm³/mol. The minimum Gasteiger partial charge on any atom is -0.295 e. The molecule has 0 aromatic carbocycles. The van der Waals surface area contributed by atoms with E-state index in [4.69, 9.17) is 0 Å². The Morgan fingerprint density at radius 3 is 2.06 bits per heavy atom. The molecule has 0 rings (SSSR count). The summed E-state index contributed by atoms with van der Waals surface area (Å²) in [6.07, 6.45) is 13.0. The van der Waals surface area contributed by atoms with E-state index in [1.54, 1.807) is 12.2 Å². The zero-order chi connectivity index (χ0) is 13.3. The Balaban J connectivity index is 4.87. The molecule has 0 fully saturated rings. The maximum atomic E-state index is 11.3. The SMILES string of the molecule is C=C(/C=C\C=C/C)C(=C)/C=C(\C=C/C)C(C)=O. The number of ketones is 1. The molecule has 0 amide bonds. The molecule has 0 atom stereocenters. The van der Waals surface area contributed by atoms with Gasteiger partial charge in [0.2, 0.25) is 0 Å². The van der Waals surface area contributed by atoms with Crippen LogP contribution in [0.2, 0.25) is 0 Å². The molecule has 0 saturated carbocycles. The van der Waals surface area contributed by atoms with Gasteiger partial charge in [0.25, 0.3) is 0 Å². The lowest BCUT2D eigenvalue weighted by molar-refractivity contribution is -0.113. The molecule has 0 heterocycles. The highest BCUT2D eigenvalue weighted by Gasteiger charge is 2.00. The fourth-order valence-electron chi connectivity index (χ4n) is 1.12. The zero-order valence-corrected chi connectivity index (χ0v) is 10.9. The molecule has 0 aromatic heterocycles. The molecule has 0 N–H and O–H groups in total. The smallest absolute Gasteiger partial charge is 0.159 e. The average Bonchev–Trinajstić information content (AvgIpc) is 2.28. The molecule has 0 aliphatic rings. The lowest BCUT2D eigenvalue weighted by Gasteiger charge is -2.01. The van der Waals surface area contributed by atoms with E-state index in [9.17, 15) is 4.79 Å². The molecule has 90 valence electrons. The van der Waals surface area contributed by atoms with Crippen LogP contribution in [-0.4, -0.2) is 5.78 Å². The summed E-state index contributed by atoms with van der Waals surface area (Å²) in [5.74, 6) is 0.0227. The first-order valence-electron chi connectivity index (χ1n) is 5.55. The molecule has 0 radical (unpaired) electrons. The number of allylic oxidation sites excluding steroid dienone is 10. The standard InChI is InChI=1S/C16H20O/c1-6-8-9-11-13(3)14(4)12-16(10-7-2)15(5)17/h6-12H,3-4H2,1-2,5H3/b8-6-,10-7-,11-9-,16-12+. The van der Waals surface area contributed by atoms with Gasteiger partial charge in [0.05, 0.1) is 0 Å².